The highest BCUT2D eigenvalue weighted by Crippen LogP contribution is 2.61. The Labute approximate surface area is 241 Å². The molecule has 0 aliphatic heterocycles. The van der Waals surface area contributed by atoms with Gasteiger partial charge in [0.1, 0.15) is 28.2 Å². The number of phenolic OH excluding ortho intramolecular Hbond substituents is 3. The summed E-state index contributed by atoms with van der Waals surface area (Å²) in [5, 5.41) is 41.8. The van der Waals surface area contributed by atoms with Crippen LogP contribution < -0.4 is 5.43 Å². The number of hydrogen-bond acceptors (Lipinski definition) is 6. The van der Waals surface area contributed by atoms with E-state index in [-0.39, 0.29) is 45.6 Å². The first kappa shape index (κ1) is 28.8. The number of hydrogen-bond donors (Lipinski definition) is 4. The summed E-state index contributed by atoms with van der Waals surface area (Å²) in [4.78, 5) is 13.1. The Morgan fingerprint density at radius 2 is 1.78 bits per heavy atom. The molecule has 2 fully saturated rings. The van der Waals surface area contributed by atoms with Crippen LogP contribution in [0.1, 0.15) is 78.2 Å². The molecule has 3 aromatic rings. The fourth-order valence-electron chi connectivity index (χ4n) is 7.92. The van der Waals surface area contributed by atoms with Crippen LogP contribution in [0.25, 0.3) is 22.3 Å². The van der Waals surface area contributed by atoms with Gasteiger partial charge >= 0.3 is 0 Å². The van der Waals surface area contributed by atoms with Gasteiger partial charge in [-0.05, 0) is 98.8 Å². The number of phenols is 3. The lowest BCUT2D eigenvalue weighted by Gasteiger charge is -2.58. The van der Waals surface area contributed by atoms with Crippen LogP contribution in [0, 0.1) is 22.7 Å². The monoisotopic (exact) mass is 558 g/mol. The van der Waals surface area contributed by atoms with Gasteiger partial charge in [0.25, 0.3) is 0 Å². The third kappa shape index (κ3) is 5.13. The second kappa shape index (κ2) is 10.6. The Hall–Kier alpha value is -3.67. The van der Waals surface area contributed by atoms with Gasteiger partial charge in [-0.1, -0.05) is 51.0 Å². The maximum Gasteiger partial charge on any atom is 0.238 e. The minimum absolute atomic E-state index is 0.0275. The molecule has 0 radical (unpaired) electrons. The highest BCUT2D eigenvalue weighted by atomic mass is 16.4. The zero-order chi connectivity index (χ0) is 29.7. The normalized spacial score (nSPS) is 24.4. The highest BCUT2D eigenvalue weighted by molar-refractivity contribution is 5.89. The molecular weight excluding hydrogens is 516 g/mol. The second-order valence-corrected chi connectivity index (χ2v) is 13.2. The fourth-order valence-corrected chi connectivity index (χ4v) is 7.92. The van der Waals surface area contributed by atoms with E-state index in [2.05, 4.69) is 34.3 Å². The van der Waals surface area contributed by atoms with Crippen LogP contribution in [-0.4, -0.2) is 20.4 Å². The van der Waals surface area contributed by atoms with Gasteiger partial charge in [0.05, 0.1) is 0 Å². The molecule has 1 aromatic heterocycles. The van der Waals surface area contributed by atoms with E-state index < -0.39 is 16.9 Å². The van der Waals surface area contributed by atoms with Crippen LogP contribution in [-0.2, 0) is 6.42 Å². The summed E-state index contributed by atoms with van der Waals surface area (Å²) in [7, 11) is 0. The fraction of sp³-hybridized carbons (Fsp3) is 0.457. The van der Waals surface area contributed by atoms with Crippen LogP contribution in [0.15, 0.2) is 63.3 Å². The molecule has 41 heavy (non-hydrogen) atoms. The van der Waals surface area contributed by atoms with Crippen LogP contribution in [0.3, 0.4) is 0 Å². The number of fused-ring (bicyclic) bond motifs is 2. The third-order valence-corrected chi connectivity index (χ3v) is 10.1. The molecule has 0 unspecified atom stereocenters. The van der Waals surface area contributed by atoms with Crippen molar-refractivity contribution < 1.29 is 24.8 Å². The van der Waals surface area contributed by atoms with Gasteiger partial charge in [0.15, 0.2) is 5.76 Å². The maximum atomic E-state index is 13.1. The Morgan fingerprint density at radius 1 is 1.07 bits per heavy atom. The van der Waals surface area contributed by atoms with Crippen molar-refractivity contribution in [3.8, 4) is 34.3 Å². The summed E-state index contributed by atoms with van der Waals surface area (Å²) in [6, 6.07) is 7.11. The lowest BCUT2D eigenvalue weighted by Crippen LogP contribution is -2.49. The maximum absolute atomic E-state index is 13.1. The van der Waals surface area contributed by atoms with Gasteiger partial charge in [0.2, 0.25) is 11.2 Å². The number of rotatable bonds is 6. The van der Waals surface area contributed by atoms with E-state index in [1.165, 1.54) is 61.6 Å². The van der Waals surface area contributed by atoms with Crippen LogP contribution in [0.5, 0.6) is 23.0 Å². The van der Waals surface area contributed by atoms with E-state index in [4.69, 9.17) is 4.42 Å². The first-order valence-electron chi connectivity index (χ1n) is 14.7. The van der Waals surface area contributed by atoms with Gasteiger partial charge in [-0.25, -0.2) is 0 Å². The van der Waals surface area contributed by atoms with E-state index in [9.17, 15) is 25.2 Å². The van der Waals surface area contributed by atoms with Crippen molar-refractivity contribution in [1.29, 1.82) is 0 Å². The smallest absolute Gasteiger partial charge is 0.238 e. The molecule has 218 valence electrons. The van der Waals surface area contributed by atoms with Gasteiger partial charge in [0, 0.05) is 17.2 Å². The zero-order valence-corrected chi connectivity index (χ0v) is 24.6. The van der Waals surface area contributed by atoms with E-state index in [1.807, 2.05) is 6.08 Å². The lowest BCUT2D eigenvalue weighted by molar-refractivity contribution is -0.0539. The van der Waals surface area contributed by atoms with E-state index in [0.717, 1.165) is 24.8 Å². The first-order valence-corrected chi connectivity index (χ1v) is 14.7. The molecule has 3 atom stereocenters. The van der Waals surface area contributed by atoms with Crippen molar-refractivity contribution in [3.05, 3.63) is 69.9 Å². The molecule has 0 saturated heterocycles. The Bertz CT molecular complexity index is 1580. The van der Waals surface area contributed by atoms with Crippen LogP contribution >= 0.6 is 0 Å². The highest BCUT2D eigenvalue weighted by Gasteiger charge is 2.52. The molecule has 2 saturated carbocycles. The summed E-state index contributed by atoms with van der Waals surface area (Å²) in [5.41, 5.74) is 2.90. The Kier molecular flexibility index (Phi) is 7.47. The predicted octanol–water partition coefficient (Wildman–Crippen LogP) is 8.35. The Balaban J connectivity index is 1.38. The molecule has 5 rings (SSSR count). The minimum atomic E-state index is -0.789. The van der Waals surface area contributed by atoms with Gasteiger partial charge in [-0.3, -0.25) is 4.79 Å². The van der Waals surface area contributed by atoms with Gasteiger partial charge in [-0.2, -0.15) is 0 Å². The zero-order valence-electron chi connectivity index (χ0n) is 24.6. The van der Waals surface area contributed by atoms with Gasteiger partial charge in [-0.15, -0.1) is 0 Å². The standard InChI is InChI=1S/C35H42O6/c1-20(8-15-25-21(2)9-16-28-34(3,4)17-6-18-35(25,28)5)7-14-24-26(37)19-27-29(30(24)38)31(39)32(40)33(41-27)22-10-12-23(36)13-11-22/h7,10-13,19,25,28,36-38,40H,2,6,8-9,14-18H2,1,3-5H3/b20-7+/t25-,28-,35+/m0/s1. The van der Waals surface area contributed by atoms with E-state index in [1.54, 1.807) is 0 Å². The molecule has 1 heterocycles. The summed E-state index contributed by atoms with van der Waals surface area (Å²) in [6.45, 7) is 13.9. The molecular formula is C35H42O6. The predicted molar refractivity (Wildman–Crippen MR) is 162 cm³/mol. The van der Waals surface area contributed by atoms with Crippen molar-refractivity contribution in [2.24, 2.45) is 22.7 Å². The summed E-state index contributed by atoms with van der Waals surface area (Å²) in [5.74, 6) is -0.135. The summed E-state index contributed by atoms with van der Waals surface area (Å²) in [6.07, 6.45) is 10.3. The van der Waals surface area contributed by atoms with Crippen molar-refractivity contribution in [2.45, 2.75) is 79.1 Å². The Morgan fingerprint density at radius 3 is 2.49 bits per heavy atom. The second-order valence-electron chi connectivity index (χ2n) is 13.2. The van der Waals surface area contributed by atoms with Crippen molar-refractivity contribution in [1.82, 2.24) is 0 Å². The van der Waals surface area contributed by atoms with Crippen LogP contribution in [0.2, 0.25) is 0 Å². The lowest BCUT2D eigenvalue weighted by atomic mass is 9.47. The molecule has 0 amide bonds. The van der Waals surface area contributed by atoms with Crippen molar-refractivity contribution >= 4 is 11.0 Å². The largest absolute Gasteiger partial charge is 0.508 e. The van der Waals surface area contributed by atoms with E-state index in [0.29, 0.717) is 22.8 Å². The molecule has 6 nitrogen and oxygen atoms in total. The summed E-state index contributed by atoms with van der Waals surface area (Å²) >= 11 is 0. The average Bonchev–Trinajstić information content (AvgIpc) is 2.90. The average molecular weight is 559 g/mol. The molecule has 2 aliphatic carbocycles. The number of aromatic hydroxyl groups is 4. The molecule has 0 bridgehead atoms. The molecule has 2 aromatic carbocycles. The quantitative estimate of drug-likeness (QED) is 0.226. The van der Waals surface area contributed by atoms with Crippen LogP contribution in [0.4, 0.5) is 0 Å². The summed E-state index contributed by atoms with van der Waals surface area (Å²) < 4.78 is 5.75. The van der Waals surface area contributed by atoms with Crippen molar-refractivity contribution in [2.75, 3.05) is 0 Å². The van der Waals surface area contributed by atoms with E-state index >= 15 is 0 Å². The molecule has 6 heteroatoms. The SMILES string of the molecule is C=C1CC[C@H]2C(C)(C)CCC[C@]2(C)[C@H]1CC/C(C)=C/Cc1c(O)cc2oc(-c3ccc(O)cc3)c(O)c(=O)c2c1O. The molecule has 4 N–H and O–H groups in total. The first-order chi connectivity index (χ1) is 19.3. The number of benzene rings is 2. The topological polar surface area (TPSA) is 111 Å². The molecule has 2 aliphatic rings. The number of allylic oxidation sites excluding steroid dienone is 3. The van der Waals surface area contributed by atoms with Gasteiger partial charge < -0.3 is 24.8 Å². The molecule has 0 spiro atoms. The third-order valence-electron chi connectivity index (χ3n) is 10.1. The van der Waals surface area contributed by atoms with Crippen molar-refractivity contribution in [3.63, 3.8) is 0 Å². The minimum Gasteiger partial charge on any atom is -0.508 e.